The van der Waals surface area contributed by atoms with E-state index in [9.17, 15) is 9.90 Å². The van der Waals surface area contributed by atoms with E-state index >= 15 is 0 Å². The number of rotatable bonds is 2. The Bertz CT molecular complexity index is 485. The van der Waals surface area contributed by atoms with Gasteiger partial charge in [0.05, 0.1) is 5.56 Å². The molecule has 5 nitrogen and oxygen atoms in total. The Morgan fingerprint density at radius 3 is 2.44 bits per heavy atom. The lowest BCUT2D eigenvalue weighted by Gasteiger charge is -2.17. The van der Waals surface area contributed by atoms with Gasteiger partial charge in [-0.2, -0.15) is 4.98 Å². The minimum absolute atomic E-state index is 0.0625. The predicted octanol–water partition coefficient (Wildman–Crippen LogP) is 1.73. The third-order valence-electron chi connectivity index (χ3n) is 4.09. The summed E-state index contributed by atoms with van der Waals surface area (Å²) in [6.45, 7) is 1.82. The molecule has 5 heteroatoms. The first-order chi connectivity index (χ1) is 8.75. The molecule has 1 aromatic rings. The third kappa shape index (κ3) is 1.98. The van der Waals surface area contributed by atoms with E-state index in [1.54, 1.807) is 0 Å². The summed E-state index contributed by atoms with van der Waals surface area (Å²) in [5, 5.41) is 10.0. The number of aromatic nitrogens is 2. The number of nitrogens with zero attached hydrogens (tertiary/aromatic N) is 2. The van der Waals surface area contributed by atoms with Crippen LogP contribution in [0.1, 0.15) is 50.0 Å². The van der Waals surface area contributed by atoms with Crippen LogP contribution in [0.2, 0.25) is 0 Å². The van der Waals surface area contributed by atoms with E-state index in [-0.39, 0.29) is 17.4 Å². The summed E-state index contributed by atoms with van der Waals surface area (Å²) in [6.07, 6.45) is 6.49. The van der Waals surface area contributed by atoms with E-state index < -0.39 is 0 Å². The molecule has 0 unspecified atom stereocenters. The van der Waals surface area contributed by atoms with Gasteiger partial charge in [-0.15, -0.1) is 0 Å². The summed E-state index contributed by atoms with van der Waals surface area (Å²) in [5.74, 6) is 0.651. The SMILES string of the molecule is O=c1[nH]c(N2CCCC2)nc(O)c1C1CCCC1. The van der Waals surface area contributed by atoms with E-state index in [0.29, 0.717) is 11.5 Å². The van der Waals surface area contributed by atoms with E-state index in [4.69, 9.17) is 0 Å². The number of H-pyrrole nitrogens is 1. The minimum atomic E-state index is -0.156. The number of aromatic amines is 1. The van der Waals surface area contributed by atoms with Crippen molar-refractivity contribution in [2.24, 2.45) is 0 Å². The number of hydrogen-bond donors (Lipinski definition) is 2. The normalized spacial score (nSPS) is 20.8. The number of aromatic hydroxyl groups is 1. The van der Waals surface area contributed by atoms with Gasteiger partial charge < -0.3 is 10.0 Å². The fraction of sp³-hybridized carbons (Fsp3) is 0.692. The molecule has 98 valence electrons. The van der Waals surface area contributed by atoms with E-state index in [2.05, 4.69) is 9.97 Å². The van der Waals surface area contributed by atoms with Crippen molar-refractivity contribution in [1.82, 2.24) is 9.97 Å². The molecule has 0 atom stereocenters. The predicted molar refractivity (Wildman–Crippen MR) is 69.2 cm³/mol. The van der Waals surface area contributed by atoms with Crippen LogP contribution in [0.4, 0.5) is 5.95 Å². The Morgan fingerprint density at radius 2 is 1.83 bits per heavy atom. The van der Waals surface area contributed by atoms with Crippen molar-refractivity contribution in [1.29, 1.82) is 0 Å². The molecule has 1 aromatic heterocycles. The molecule has 0 bridgehead atoms. The van der Waals surface area contributed by atoms with Gasteiger partial charge in [0.25, 0.3) is 5.56 Å². The lowest BCUT2D eigenvalue weighted by molar-refractivity contribution is 0.435. The zero-order valence-corrected chi connectivity index (χ0v) is 10.5. The van der Waals surface area contributed by atoms with Gasteiger partial charge in [0.15, 0.2) is 0 Å². The molecule has 18 heavy (non-hydrogen) atoms. The van der Waals surface area contributed by atoms with Gasteiger partial charge in [0.1, 0.15) is 0 Å². The summed E-state index contributed by atoms with van der Waals surface area (Å²) in [4.78, 5) is 21.2. The van der Waals surface area contributed by atoms with Crippen LogP contribution < -0.4 is 10.5 Å². The molecule has 2 N–H and O–H groups in total. The maximum absolute atomic E-state index is 12.1. The first-order valence-electron chi connectivity index (χ1n) is 6.84. The summed E-state index contributed by atoms with van der Waals surface area (Å²) >= 11 is 0. The summed E-state index contributed by atoms with van der Waals surface area (Å²) < 4.78 is 0. The smallest absolute Gasteiger partial charge is 0.259 e. The topological polar surface area (TPSA) is 69.2 Å². The molecule has 0 spiro atoms. The maximum Gasteiger partial charge on any atom is 0.259 e. The van der Waals surface area contributed by atoms with Gasteiger partial charge in [-0.1, -0.05) is 12.8 Å². The van der Waals surface area contributed by atoms with Gasteiger partial charge in [-0.05, 0) is 31.6 Å². The van der Waals surface area contributed by atoms with Crippen molar-refractivity contribution in [3.05, 3.63) is 15.9 Å². The molecule has 1 saturated carbocycles. The molecule has 1 aliphatic carbocycles. The van der Waals surface area contributed by atoms with Gasteiger partial charge in [0, 0.05) is 13.1 Å². The second kappa shape index (κ2) is 4.63. The van der Waals surface area contributed by atoms with E-state index in [1.165, 1.54) is 0 Å². The maximum atomic E-state index is 12.1. The molecule has 2 heterocycles. The number of nitrogens with one attached hydrogen (secondary N) is 1. The molecule has 2 fully saturated rings. The van der Waals surface area contributed by atoms with Gasteiger partial charge in [-0.25, -0.2) is 0 Å². The summed E-state index contributed by atoms with van der Waals surface area (Å²) in [6, 6.07) is 0. The molecule has 0 amide bonds. The van der Waals surface area contributed by atoms with Crippen molar-refractivity contribution < 1.29 is 5.11 Å². The highest BCUT2D eigenvalue weighted by Gasteiger charge is 2.25. The van der Waals surface area contributed by atoms with Crippen LogP contribution in [0.15, 0.2) is 4.79 Å². The van der Waals surface area contributed by atoms with Crippen LogP contribution in [0.5, 0.6) is 5.88 Å². The molecular formula is C13H19N3O2. The Balaban J connectivity index is 1.94. The Hall–Kier alpha value is -1.52. The van der Waals surface area contributed by atoms with Crippen LogP contribution in [-0.4, -0.2) is 28.2 Å². The first-order valence-corrected chi connectivity index (χ1v) is 6.84. The molecule has 2 aliphatic rings. The van der Waals surface area contributed by atoms with Crippen molar-refractivity contribution in [2.75, 3.05) is 18.0 Å². The van der Waals surface area contributed by atoms with Crippen LogP contribution in [-0.2, 0) is 0 Å². The largest absolute Gasteiger partial charge is 0.493 e. The Kier molecular flexibility index (Phi) is 2.97. The lowest BCUT2D eigenvalue weighted by Crippen LogP contribution is -2.26. The quantitative estimate of drug-likeness (QED) is 0.837. The lowest BCUT2D eigenvalue weighted by atomic mass is 10.0. The van der Waals surface area contributed by atoms with Crippen molar-refractivity contribution in [3.63, 3.8) is 0 Å². The van der Waals surface area contributed by atoms with Crippen molar-refractivity contribution >= 4 is 5.95 Å². The molecule has 0 aromatic carbocycles. The fourth-order valence-electron chi connectivity index (χ4n) is 3.12. The van der Waals surface area contributed by atoms with Gasteiger partial charge in [0.2, 0.25) is 11.8 Å². The summed E-state index contributed by atoms with van der Waals surface area (Å²) in [5.41, 5.74) is 0.340. The van der Waals surface area contributed by atoms with E-state index in [0.717, 1.165) is 51.6 Å². The van der Waals surface area contributed by atoms with Crippen LogP contribution >= 0.6 is 0 Å². The first kappa shape index (κ1) is 11.6. The standard InChI is InChI=1S/C13H19N3O2/c17-11-10(9-5-1-2-6-9)12(18)15-13(14-11)16-7-3-4-8-16/h9H,1-8H2,(H2,14,15,17,18). The van der Waals surface area contributed by atoms with Crippen LogP contribution in [0.3, 0.4) is 0 Å². The van der Waals surface area contributed by atoms with Crippen molar-refractivity contribution in [2.45, 2.75) is 44.4 Å². The molecule has 1 saturated heterocycles. The Morgan fingerprint density at radius 1 is 1.17 bits per heavy atom. The van der Waals surface area contributed by atoms with Crippen LogP contribution in [0.25, 0.3) is 0 Å². The molecule has 0 radical (unpaired) electrons. The molecular weight excluding hydrogens is 230 g/mol. The number of hydrogen-bond acceptors (Lipinski definition) is 4. The monoisotopic (exact) mass is 249 g/mol. The van der Waals surface area contributed by atoms with E-state index in [1.807, 2.05) is 4.90 Å². The number of anilines is 1. The average Bonchev–Trinajstić information content (AvgIpc) is 3.01. The highest BCUT2D eigenvalue weighted by atomic mass is 16.3. The Labute approximate surface area is 106 Å². The molecule has 3 rings (SSSR count). The van der Waals surface area contributed by atoms with Crippen LogP contribution in [0, 0.1) is 0 Å². The highest BCUT2D eigenvalue weighted by molar-refractivity contribution is 5.38. The van der Waals surface area contributed by atoms with Gasteiger partial charge in [-0.3, -0.25) is 9.78 Å². The second-order valence-electron chi connectivity index (χ2n) is 5.30. The van der Waals surface area contributed by atoms with Gasteiger partial charge >= 0.3 is 0 Å². The molecule has 1 aliphatic heterocycles. The summed E-state index contributed by atoms with van der Waals surface area (Å²) in [7, 11) is 0. The minimum Gasteiger partial charge on any atom is -0.493 e. The fourth-order valence-corrected chi connectivity index (χ4v) is 3.12. The average molecular weight is 249 g/mol. The van der Waals surface area contributed by atoms with Crippen molar-refractivity contribution in [3.8, 4) is 5.88 Å². The zero-order valence-electron chi connectivity index (χ0n) is 10.5. The second-order valence-corrected chi connectivity index (χ2v) is 5.30. The third-order valence-corrected chi connectivity index (χ3v) is 4.09. The highest BCUT2D eigenvalue weighted by Crippen LogP contribution is 2.35. The zero-order chi connectivity index (χ0) is 12.5.